The van der Waals surface area contributed by atoms with Gasteiger partial charge in [0.1, 0.15) is 5.75 Å². The lowest BCUT2D eigenvalue weighted by Crippen LogP contribution is -2.24. The van der Waals surface area contributed by atoms with Gasteiger partial charge >= 0.3 is 6.36 Å². The number of nitrogens with zero attached hydrogens (tertiary/aromatic N) is 3. The highest BCUT2D eigenvalue weighted by Gasteiger charge is 2.36. The van der Waals surface area contributed by atoms with Crippen LogP contribution >= 0.6 is 11.6 Å². The molecule has 1 fully saturated rings. The summed E-state index contributed by atoms with van der Waals surface area (Å²) in [5.41, 5.74) is 1.51. The third-order valence-electron chi connectivity index (χ3n) is 4.75. The Labute approximate surface area is 174 Å². The SMILES string of the molecule is O[C@@H]1CC(c2nc(-c3ccc(OC(F)(F)F)cc3)no2)N(Cc2ccc(Cl)cc2)C1. The van der Waals surface area contributed by atoms with Crippen LogP contribution in [0.3, 0.4) is 0 Å². The fraction of sp³-hybridized carbons (Fsp3) is 0.300. The van der Waals surface area contributed by atoms with Crippen LogP contribution in [-0.2, 0) is 6.54 Å². The van der Waals surface area contributed by atoms with Crippen molar-refractivity contribution in [2.75, 3.05) is 6.54 Å². The highest BCUT2D eigenvalue weighted by molar-refractivity contribution is 6.30. The normalized spacial score (nSPS) is 19.9. The van der Waals surface area contributed by atoms with Crippen molar-refractivity contribution >= 4 is 11.6 Å². The van der Waals surface area contributed by atoms with Crippen LogP contribution in [0.1, 0.15) is 23.9 Å². The molecule has 1 aromatic heterocycles. The molecule has 2 atom stereocenters. The molecule has 158 valence electrons. The number of benzene rings is 2. The number of aliphatic hydroxyl groups excluding tert-OH is 1. The number of halogens is 4. The van der Waals surface area contributed by atoms with Gasteiger partial charge in [-0.3, -0.25) is 4.90 Å². The molecule has 1 aliphatic heterocycles. The van der Waals surface area contributed by atoms with Crippen molar-refractivity contribution in [3.05, 3.63) is 65.0 Å². The minimum absolute atomic E-state index is 0.247. The van der Waals surface area contributed by atoms with E-state index in [1.165, 1.54) is 24.3 Å². The van der Waals surface area contributed by atoms with Crippen LogP contribution in [-0.4, -0.2) is 39.2 Å². The minimum atomic E-state index is -4.75. The molecule has 0 aliphatic carbocycles. The Morgan fingerprint density at radius 3 is 2.50 bits per heavy atom. The molecule has 0 amide bonds. The van der Waals surface area contributed by atoms with Gasteiger partial charge < -0.3 is 14.4 Å². The van der Waals surface area contributed by atoms with E-state index in [1.807, 2.05) is 17.0 Å². The maximum atomic E-state index is 12.3. The van der Waals surface area contributed by atoms with Gasteiger partial charge in [-0.25, -0.2) is 0 Å². The lowest BCUT2D eigenvalue weighted by atomic mass is 10.1. The molecular weight excluding hydrogens is 423 g/mol. The highest BCUT2D eigenvalue weighted by atomic mass is 35.5. The van der Waals surface area contributed by atoms with E-state index in [0.717, 1.165) is 5.56 Å². The third kappa shape index (κ3) is 4.92. The molecule has 4 rings (SSSR count). The summed E-state index contributed by atoms with van der Waals surface area (Å²) in [5, 5.41) is 14.7. The molecule has 0 spiro atoms. The highest BCUT2D eigenvalue weighted by Crippen LogP contribution is 2.34. The molecule has 0 bridgehead atoms. The number of hydrogen-bond donors (Lipinski definition) is 1. The van der Waals surface area contributed by atoms with E-state index in [1.54, 1.807) is 12.1 Å². The molecule has 0 saturated carbocycles. The van der Waals surface area contributed by atoms with Crippen molar-refractivity contribution in [1.82, 2.24) is 15.0 Å². The molecule has 2 aromatic carbocycles. The summed E-state index contributed by atoms with van der Waals surface area (Å²) in [6, 6.07) is 12.4. The number of rotatable bonds is 5. The average Bonchev–Trinajstić information content (AvgIpc) is 3.30. The first-order valence-corrected chi connectivity index (χ1v) is 9.51. The van der Waals surface area contributed by atoms with Crippen LogP contribution in [0.25, 0.3) is 11.4 Å². The topological polar surface area (TPSA) is 71.6 Å². The number of alkyl halides is 3. The van der Waals surface area contributed by atoms with Gasteiger partial charge in [-0.15, -0.1) is 13.2 Å². The van der Waals surface area contributed by atoms with Gasteiger partial charge in [0.05, 0.1) is 12.1 Å². The van der Waals surface area contributed by atoms with E-state index in [2.05, 4.69) is 14.9 Å². The van der Waals surface area contributed by atoms with Crippen molar-refractivity contribution < 1.29 is 27.5 Å². The van der Waals surface area contributed by atoms with Gasteiger partial charge in [-0.1, -0.05) is 28.9 Å². The number of aromatic nitrogens is 2. The largest absolute Gasteiger partial charge is 0.573 e. The summed E-state index contributed by atoms with van der Waals surface area (Å²) in [7, 11) is 0. The molecule has 1 saturated heterocycles. The summed E-state index contributed by atoms with van der Waals surface area (Å²) >= 11 is 5.93. The molecule has 3 aromatic rings. The number of hydrogen-bond acceptors (Lipinski definition) is 6. The first kappa shape index (κ1) is 20.6. The average molecular weight is 440 g/mol. The van der Waals surface area contributed by atoms with Crippen LogP contribution in [0.2, 0.25) is 5.02 Å². The summed E-state index contributed by atoms with van der Waals surface area (Å²) < 4.78 is 46.1. The lowest BCUT2D eigenvalue weighted by molar-refractivity contribution is -0.274. The molecule has 1 unspecified atom stereocenters. The van der Waals surface area contributed by atoms with Gasteiger partial charge in [-0.2, -0.15) is 4.98 Å². The molecule has 0 radical (unpaired) electrons. The Bertz CT molecular complexity index is 993. The van der Waals surface area contributed by atoms with Crippen molar-refractivity contribution in [2.45, 2.75) is 31.5 Å². The molecular formula is C20H17ClF3N3O3. The first-order chi connectivity index (χ1) is 14.3. The van der Waals surface area contributed by atoms with Gasteiger partial charge in [0.2, 0.25) is 11.7 Å². The van der Waals surface area contributed by atoms with Gasteiger partial charge in [0, 0.05) is 23.7 Å². The fourth-order valence-electron chi connectivity index (χ4n) is 3.43. The molecule has 1 N–H and O–H groups in total. The van der Waals surface area contributed by atoms with Gasteiger partial charge in [0.25, 0.3) is 0 Å². The summed E-state index contributed by atoms with van der Waals surface area (Å²) in [5.74, 6) is 0.255. The number of ether oxygens (including phenoxy) is 1. The smallest absolute Gasteiger partial charge is 0.406 e. The Kier molecular flexibility index (Phi) is 5.68. The molecule has 10 heteroatoms. The summed E-state index contributed by atoms with van der Waals surface area (Å²) in [6.45, 7) is 1.02. The minimum Gasteiger partial charge on any atom is -0.406 e. The first-order valence-electron chi connectivity index (χ1n) is 9.13. The predicted octanol–water partition coefficient (Wildman–Crippen LogP) is 4.60. The molecule has 1 aliphatic rings. The second kappa shape index (κ2) is 8.25. The van der Waals surface area contributed by atoms with Crippen molar-refractivity contribution in [3.8, 4) is 17.1 Å². The van der Waals surface area contributed by atoms with Gasteiger partial charge in [0.15, 0.2) is 0 Å². The van der Waals surface area contributed by atoms with Crippen LogP contribution < -0.4 is 4.74 Å². The van der Waals surface area contributed by atoms with Crippen LogP contribution in [0.4, 0.5) is 13.2 Å². The Morgan fingerprint density at radius 2 is 1.83 bits per heavy atom. The molecule has 2 heterocycles. The Hall–Kier alpha value is -2.62. The maximum absolute atomic E-state index is 12.3. The van der Waals surface area contributed by atoms with Crippen LogP contribution in [0.15, 0.2) is 53.1 Å². The number of likely N-dealkylation sites (tertiary alicyclic amines) is 1. The monoisotopic (exact) mass is 439 g/mol. The zero-order valence-corrected chi connectivity index (χ0v) is 16.3. The van der Waals surface area contributed by atoms with E-state index in [4.69, 9.17) is 16.1 Å². The third-order valence-corrected chi connectivity index (χ3v) is 5.01. The quantitative estimate of drug-likeness (QED) is 0.626. The van der Waals surface area contributed by atoms with E-state index < -0.39 is 12.5 Å². The van der Waals surface area contributed by atoms with E-state index in [0.29, 0.717) is 36.0 Å². The second-order valence-corrected chi connectivity index (χ2v) is 7.43. The van der Waals surface area contributed by atoms with Crippen molar-refractivity contribution in [2.24, 2.45) is 0 Å². The van der Waals surface area contributed by atoms with Gasteiger partial charge in [-0.05, 0) is 48.4 Å². The lowest BCUT2D eigenvalue weighted by Gasteiger charge is -2.21. The van der Waals surface area contributed by atoms with E-state index in [-0.39, 0.29) is 17.6 Å². The van der Waals surface area contributed by atoms with E-state index >= 15 is 0 Å². The zero-order chi connectivity index (χ0) is 21.3. The molecule has 6 nitrogen and oxygen atoms in total. The standard InChI is InChI=1S/C20H17ClF3N3O3/c21-14-5-1-12(2-6-14)10-27-11-15(28)9-17(27)19-25-18(26-30-19)13-3-7-16(8-4-13)29-20(22,23)24/h1-8,15,17,28H,9-11H2/t15-,17?/m1/s1. The fourth-order valence-corrected chi connectivity index (χ4v) is 3.55. The molecule has 30 heavy (non-hydrogen) atoms. The van der Waals surface area contributed by atoms with Crippen molar-refractivity contribution in [1.29, 1.82) is 0 Å². The van der Waals surface area contributed by atoms with Crippen LogP contribution in [0.5, 0.6) is 5.75 Å². The van der Waals surface area contributed by atoms with Crippen molar-refractivity contribution in [3.63, 3.8) is 0 Å². The maximum Gasteiger partial charge on any atom is 0.573 e. The van der Waals surface area contributed by atoms with E-state index in [9.17, 15) is 18.3 Å². The number of aliphatic hydroxyl groups is 1. The summed E-state index contributed by atoms with van der Waals surface area (Å²) in [6.07, 6.45) is -4.85. The zero-order valence-electron chi connectivity index (χ0n) is 15.5. The predicted molar refractivity (Wildman–Crippen MR) is 102 cm³/mol. The number of β-amino-alcohol motifs (C(OH)–C–C–N with tert-alkyl or cyclic N) is 1. The Balaban J connectivity index is 1.49. The second-order valence-electron chi connectivity index (χ2n) is 6.99. The Morgan fingerprint density at radius 1 is 1.13 bits per heavy atom. The van der Waals surface area contributed by atoms with Crippen LogP contribution in [0, 0.1) is 0 Å². The summed E-state index contributed by atoms with van der Waals surface area (Å²) in [4.78, 5) is 6.43.